The van der Waals surface area contributed by atoms with E-state index in [0.29, 0.717) is 23.9 Å². The fourth-order valence-electron chi connectivity index (χ4n) is 2.14. The first-order valence-corrected chi connectivity index (χ1v) is 9.73. The molecule has 2 rings (SSSR count). The summed E-state index contributed by atoms with van der Waals surface area (Å²) in [5.41, 5.74) is 2.28. The molecule has 0 spiro atoms. The van der Waals surface area contributed by atoms with E-state index in [1.54, 1.807) is 0 Å². The number of carboxylic acid groups (broad SMARTS) is 1. The van der Waals surface area contributed by atoms with Crippen molar-refractivity contribution in [2.45, 2.75) is 17.7 Å². The molecule has 140 valence electrons. The molecule has 0 aliphatic rings. The zero-order chi connectivity index (χ0) is 19.1. The van der Waals surface area contributed by atoms with Crippen LogP contribution < -0.4 is 10.6 Å². The maximum Gasteiger partial charge on any atom is 0.341 e. The van der Waals surface area contributed by atoms with Gasteiger partial charge in [0.1, 0.15) is 15.6 Å². The van der Waals surface area contributed by atoms with Gasteiger partial charge in [0, 0.05) is 18.8 Å². The lowest BCUT2D eigenvalue weighted by molar-refractivity contribution is 0.0694. The maximum absolute atomic E-state index is 11.9. The third kappa shape index (κ3) is 6.01. The second-order valence-corrected chi connectivity index (χ2v) is 7.70. The average Bonchev–Trinajstić information content (AvgIpc) is 2.95. The van der Waals surface area contributed by atoms with Crippen LogP contribution in [-0.4, -0.2) is 53.6 Å². The normalized spacial score (nSPS) is 10.8. The Labute approximate surface area is 161 Å². The van der Waals surface area contributed by atoms with E-state index in [1.807, 2.05) is 44.1 Å². The predicted molar refractivity (Wildman–Crippen MR) is 105 cm³/mol. The number of hydrogen-bond acceptors (Lipinski definition) is 6. The van der Waals surface area contributed by atoms with Gasteiger partial charge < -0.3 is 15.3 Å². The van der Waals surface area contributed by atoms with Crippen LogP contribution in [0.4, 0.5) is 9.80 Å². The van der Waals surface area contributed by atoms with E-state index in [9.17, 15) is 14.7 Å². The number of anilines is 1. The summed E-state index contributed by atoms with van der Waals surface area (Å²) in [6.07, 6.45) is 0. The second kappa shape index (κ2) is 9.56. The highest BCUT2D eigenvalue weighted by Crippen LogP contribution is 2.33. The summed E-state index contributed by atoms with van der Waals surface area (Å²) in [4.78, 5) is 25.5. The summed E-state index contributed by atoms with van der Waals surface area (Å²) in [5.74, 6) is -0.491. The number of likely N-dealkylation sites (N-methyl/N-ethyl adjacent to an activating group) is 1. The van der Waals surface area contributed by atoms with Crippen LogP contribution in [0.5, 0.6) is 0 Å². The first-order valence-electron chi connectivity index (χ1n) is 7.97. The average molecular weight is 395 g/mol. The number of aryl methyl sites for hydroxylation is 1. The Bertz CT molecular complexity index is 777. The van der Waals surface area contributed by atoms with Crippen LogP contribution >= 0.6 is 23.3 Å². The molecule has 1 aromatic heterocycles. The number of nitrogens with zero attached hydrogens (tertiary/aromatic N) is 2. The molecule has 3 N–H and O–H groups in total. The molecule has 0 aliphatic carbocycles. The zero-order valence-electron chi connectivity index (χ0n) is 14.9. The van der Waals surface area contributed by atoms with E-state index < -0.39 is 12.0 Å². The summed E-state index contributed by atoms with van der Waals surface area (Å²) in [7, 11) is 3.81. The van der Waals surface area contributed by atoms with Crippen molar-refractivity contribution in [3.05, 3.63) is 41.0 Å². The number of carbonyl (C=O) groups is 2. The monoisotopic (exact) mass is 394 g/mol. The molecular weight excluding hydrogens is 372 g/mol. The minimum atomic E-state index is -1.10. The number of urea groups is 1. The quantitative estimate of drug-likeness (QED) is 0.596. The first-order chi connectivity index (χ1) is 12.4. The molecule has 0 radical (unpaired) electrons. The number of amides is 2. The van der Waals surface area contributed by atoms with Crippen LogP contribution in [0.25, 0.3) is 0 Å². The number of thioether (sulfide) groups is 1. The fraction of sp³-hybridized carbons (Fsp3) is 0.353. The fourth-order valence-corrected chi connectivity index (χ4v) is 4.02. The van der Waals surface area contributed by atoms with Crippen LogP contribution in [-0.2, 0) is 5.75 Å². The summed E-state index contributed by atoms with van der Waals surface area (Å²) in [6, 6.07) is 7.58. The highest BCUT2D eigenvalue weighted by Gasteiger charge is 2.22. The number of hydrogen-bond donors (Lipinski definition) is 3. The maximum atomic E-state index is 11.9. The second-order valence-electron chi connectivity index (χ2n) is 5.96. The van der Waals surface area contributed by atoms with Gasteiger partial charge in [0.05, 0.1) is 0 Å². The van der Waals surface area contributed by atoms with Gasteiger partial charge in [-0.15, -0.1) is 0 Å². The van der Waals surface area contributed by atoms with Gasteiger partial charge in [0.2, 0.25) is 0 Å². The first kappa shape index (κ1) is 20.2. The zero-order valence-corrected chi connectivity index (χ0v) is 16.5. The third-order valence-electron chi connectivity index (χ3n) is 3.40. The van der Waals surface area contributed by atoms with E-state index in [1.165, 1.54) is 11.8 Å². The van der Waals surface area contributed by atoms with E-state index in [0.717, 1.165) is 22.7 Å². The molecule has 1 heterocycles. The van der Waals surface area contributed by atoms with Crippen molar-refractivity contribution < 1.29 is 14.7 Å². The van der Waals surface area contributed by atoms with Crippen molar-refractivity contribution in [3.63, 3.8) is 0 Å². The Morgan fingerprint density at radius 3 is 2.77 bits per heavy atom. The third-order valence-corrected chi connectivity index (χ3v) is 5.33. The molecule has 26 heavy (non-hydrogen) atoms. The molecule has 0 atom stereocenters. The lowest BCUT2D eigenvalue weighted by Gasteiger charge is -2.10. The predicted octanol–water partition coefficient (Wildman–Crippen LogP) is 3.13. The SMILES string of the molecule is Cc1cccc(CSc2nsc(NC(=O)NCCN(C)C)c2C(=O)O)c1. The highest BCUT2D eigenvalue weighted by atomic mass is 32.2. The minimum absolute atomic E-state index is 0.0374. The van der Waals surface area contributed by atoms with Crippen LogP contribution in [0.15, 0.2) is 29.3 Å². The van der Waals surface area contributed by atoms with Crippen molar-refractivity contribution in [1.29, 1.82) is 0 Å². The van der Waals surface area contributed by atoms with Gasteiger partial charge in [0.25, 0.3) is 0 Å². The lowest BCUT2D eigenvalue weighted by Crippen LogP contribution is -2.34. The molecule has 2 aromatic rings. The van der Waals surface area contributed by atoms with Gasteiger partial charge in [-0.1, -0.05) is 41.6 Å². The summed E-state index contributed by atoms with van der Waals surface area (Å²) in [5, 5.41) is 15.4. The highest BCUT2D eigenvalue weighted by molar-refractivity contribution is 7.98. The molecular formula is C17H22N4O3S2. The number of benzene rings is 1. The molecule has 0 saturated carbocycles. The van der Waals surface area contributed by atoms with Crippen molar-refractivity contribution in [1.82, 2.24) is 14.6 Å². The minimum Gasteiger partial charge on any atom is -0.477 e. The number of rotatable bonds is 8. The topological polar surface area (TPSA) is 94.6 Å². The van der Waals surface area contributed by atoms with Crippen molar-refractivity contribution in [3.8, 4) is 0 Å². The van der Waals surface area contributed by atoms with Gasteiger partial charge in [-0.3, -0.25) is 5.32 Å². The van der Waals surface area contributed by atoms with Gasteiger partial charge in [-0.05, 0) is 38.1 Å². The van der Waals surface area contributed by atoms with Crippen LogP contribution in [0.3, 0.4) is 0 Å². The Morgan fingerprint density at radius 1 is 1.35 bits per heavy atom. The Balaban J connectivity index is 2.02. The van der Waals surface area contributed by atoms with Gasteiger partial charge >= 0.3 is 12.0 Å². The van der Waals surface area contributed by atoms with Crippen molar-refractivity contribution in [2.75, 3.05) is 32.5 Å². The van der Waals surface area contributed by atoms with E-state index >= 15 is 0 Å². The molecule has 0 unspecified atom stereocenters. The summed E-state index contributed by atoms with van der Waals surface area (Å²) >= 11 is 2.32. The lowest BCUT2D eigenvalue weighted by atomic mass is 10.2. The van der Waals surface area contributed by atoms with E-state index in [-0.39, 0.29) is 10.6 Å². The Kier molecular flexibility index (Phi) is 7.43. The molecule has 0 bridgehead atoms. The Hall–Kier alpha value is -2.10. The number of carboxylic acids is 1. The van der Waals surface area contributed by atoms with Gasteiger partial charge in [-0.2, -0.15) is 4.37 Å². The Morgan fingerprint density at radius 2 is 2.12 bits per heavy atom. The van der Waals surface area contributed by atoms with Crippen LogP contribution in [0.2, 0.25) is 0 Å². The largest absolute Gasteiger partial charge is 0.477 e. The molecule has 2 amide bonds. The smallest absolute Gasteiger partial charge is 0.341 e. The summed E-state index contributed by atoms with van der Waals surface area (Å²) in [6.45, 7) is 3.17. The molecule has 9 heteroatoms. The standard InChI is InChI=1S/C17H22N4O3S2/c1-11-5-4-6-12(9-11)10-25-15-13(16(22)23)14(26-20-15)19-17(24)18-7-8-21(2)3/h4-6,9H,7-8,10H2,1-3H3,(H,22,23)(H2,18,19,24). The molecule has 0 saturated heterocycles. The van der Waals surface area contributed by atoms with Crippen LogP contribution in [0.1, 0.15) is 21.5 Å². The van der Waals surface area contributed by atoms with Crippen molar-refractivity contribution >= 4 is 40.3 Å². The van der Waals surface area contributed by atoms with Gasteiger partial charge in [-0.25, -0.2) is 9.59 Å². The number of nitrogens with one attached hydrogen (secondary N) is 2. The number of aromatic carboxylic acids is 1. The van der Waals surface area contributed by atoms with E-state index in [2.05, 4.69) is 21.1 Å². The van der Waals surface area contributed by atoms with E-state index in [4.69, 9.17) is 0 Å². The van der Waals surface area contributed by atoms with Crippen LogP contribution in [0, 0.1) is 6.92 Å². The molecule has 0 aliphatic heterocycles. The molecule has 1 aromatic carbocycles. The number of aromatic nitrogens is 1. The molecule has 7 nitrogen and oxygen atoms in total. The van der Waals surface area contributed by atoms with Gasteiger partial charge in [0.15, 0.2) is 0 Å². The van der Waals surface area contributed by atoms with Crippen molar-refractivity contribution in [2.24, 2.45) is 0 Å². The summed E-state index contributed by atoms with van der Waals surface area (Å²) < 4.78 is 4.21. The molecule has 0 fully saturated rings. The number of carbonyl (C=O) groups excluding carboxylic acids is 1.